The number of piperidine rings is 1. The van der Waals surface area contributed by atoms with Gasteiger partial charge in [0.15, 0.2) is 0 Å². The second-order valence-corrected chi connectivity index (χ2v) is 9.76. The predicted molar refractivity (Wildman–Crippen MR) is 123 cm³/mol. The lowest BCUT2D eigenvalue weighted by molar-refractivity contribution is -0.122. The van der Waals surface area contributed by atoms with Crippen LogP contribution in [0.2, 0.25) is 4.34 Å². The number of benzene rings is 1. The van der Waals surface area contributed by atoms with Crippen LogP contribution in [0.15, 0.2) is 41.8 Å². The molecule has 4 rings (SSSR count). The van der Waals surface area contributed by atoms with Crippen molar-refractivity contribution in [3.63, 3.8) is 0 Å². The molecule has 0 saturated carbocycles. The second kappa shape index (κ2) is 9.16. The lowest BCUT2D eigenvalue weighted by Gasteiger charge is -2.32. The van der Waals surface area contributed by atoms with E-state index in [-0.39, 0.29) is 24.2 Å². The highest BCUT2D eigenvalue weighted by Gasteiger charge is 2.23. The molecule has 0 atom stereocenters. The van der Waals surface area contributed by atoms with Gasteiger partial charge in [0.1, 0.15) is 5.01 Å². The Morgan fingerprint density at radius 3 is 2.53 bits per heavy atom. The van der Waals surface area contributed by atoms with Gasteiger partial charge in [0, 0.05) is 35.8 Å². The highest BCUT2D eigenvalue weighted by atomic mass is 35.5. The first-order chi connectivity index (χ1) is 14.5. The summed E-state index contributed by atoms with van der Waals surface area (Å²) in [4.78, 5) is 31.5. The Morgan fingerprint density at radius 1 is 1.17 bits per heavy atom. The molecule has 0 spiro atoms. The van der Waals surface area contributed by atoms with Crippen molar-refractivity contribution in [2.45, 2.75) is 19.3 Å². The molecule has 1 aliphatic heterocycles. The third kappa shape index (κ3) is 5.00. The van der Waals surface area contributed by atoms with Crippen molar-refractivity contribution < 1.29 is 9.59 Å². The Hall–Kier alpha value is -2.42. The molecule has 156 valence electrons. The number of aromatic nitrogens is 1. The molecule has 2 aromatic heterocycles. The Kier molecular flexibility index (Phi) is 6.36. The SMILES string of the molecule is NC(=O)C1CCN(c2ccc(NC(=O)Cc3csc(-c4ccc(Cl)s4)n3)cc2)CC1. The van der Waals surface area contributed by atoms with E-state index in [1.165, 1.54) is 22.7 Å². The summed E-state index contributed by atoms with van der Waals surface area (Å²) in [6.45, 7) is 1.61. The van der Waals surface area contributed by atoms with Crippen LogP contribution in [-0.2, 0) is 16.0 Å². The molecule has 3 heterocycles. The van der Waals surface area contributed by atoms with E-state index < -0.39 is 0 Å². The number of anilines is 2. The molecule has 1 fully saturated rings. The minimum Gasteiger partial charge on any atom is -0.371 e. The molecule has 1 aliphatic rings. The lowest BCUT2D eigenvalue weighted by Crippen LogP contribution is -2.38. The Labute approximate surface area is 187 Å². The molecule has 1 aromatic carbocycles. The van der Waals surface area contributed by atoms with Gasteiger partial charge in [-0.15, -0.1) is 22.7 Å². The fourth-order valence-electron chi connectivity index (χ4n) is 3.48. The van der Waals surface area contributed by atoms with E-state index in [0.29, 0.717) is 0 Å². The van der Waals surface area contributed by atoms with Gasteiger partial charge in [0.05, 0.1) is 21.3 Å². The zero-order chi connectivity index (χ0) is 21.1. The average Bonchev–Trinajstić information content (AvgIpc) is 3.37. The van der Waals surface area contributed by atoms with Gasteiger partial charge in [0.25, 0.3) is 0 Å². The summed E-state index contributed by atoms with van der Waals surface area (Å²) in [6, 6.07) is 11.6. The van der Waals surface area contributed by atoms with E-state index in [1.807, 2.05) is 41.8 Å². The number of rotatable bonds is 6. The smallest absolute Gasteiger partial charge is 0.230 e. The zero-order valence-corrected chi connectivity index (χ0v) is 18.5. The van der Waals surface area contributed by atoms with E-state index in [2.05, 4.69) is 15.2 Å². The van der Waals surface area contributed by atoms with E-state index >= 15 is 0 Å². The third-order valence-corrected chi connectivity index (χ3v) is 7.38. The van der Waals surface area contributed by atoms with Crippen LogP contribution in [0.3, 0.4) is 0 Å². The molecular weight excluding hydrogens is 440 g/mol. The number of nitrogens with zero attached hydrogens (tertiary/aromatic N) is 2. The number of hydrogen-bond acceptors (Lipinski definition) is 6. The number of nitrogens with two attached hydrogens (primary N) is 1. The summed E-state index contributed by atoms with van der Waals surface area (Å²) >= 11 is 8.97. The number of carbonyl (C=O) groups excluding carboxylic acids is 2. The van der Waals surface area contributed by atoms with E-state index in [9.17, 15) is 9.59 Å². The van der Waals surface area contributed by atoms with Crippen molar-refractivity contribution >= 4 is 57.5 Å². The molecule has 9 heteroatoms. The van der Waals surface area contributed by atoms with Gasteiger partial charge in [-0.05, 0) is 49.2 Å². The first-order valence-electron chi connectivity index (χ1n) is 9.62. The summed E-state index contributed by atoms with van der Waals surface area (Å²) < 4.78 is 0.722. The normalized spacial score (nSPS) is 14.6. The average molecular weight is 461 g/mol. The van der Waals surface area contributed by atoms with Crippen LogP contribution in [0.25, 0.3) is 9.88 Å². The van der Waals surface area contributed by atoms with Crippen molar-refractivity contribution in [3.05, 3.63) is 51.8 Å². The summed E-state index contributed by atoms with van der Waals surface area (Å²) in [5.74, 6) is -0.340. The number of carbonyl (C=O) groups is 2. The first kappa shape index (κ1) is 20.8. The van der Waals surface area contributed by atoms with Gasteiger partial charge >= 0.3 is 0 Å². The van der Waals surface area contributed by atoms with Crippen LogP contribution < -0.4 is 16.0 Å². The summed E-state index contributed by atoms with van der Waals surface area (Å²) in [7, 11) is 0. The maximum Gasteiger partial charge on any atom is 0.230 e. The minimum atomic E-state index is -0.209. The Balaban J connectivity index is 1.31. The Bertz CT molecular complexity index is 1040. The number of halogens is 1. The van der Waals surface area contributed by atoms with Crippen molar-refractivity contribution in [2.75, 3.05) is 23.3 Å². The quantitative estimate of drug-likeness (QED) is 0.570. The topological polar surface area (TPSA) is 88.3 Å². The van der Waals surface area contributed by atoms with Gasteiger partial charge in [-0.1, -0.05) is 11.6 Å². The van der Waals surface area contributed by atoms with Gasteiger partial charge in [0.2, 0.25) is 11.8 Å². The standard InChI is InChI=1S/C21H21ClN4O2S2/c22-18-6-5-17(30-18)21-25-15(12-29-21)11-19(27)24-14-1-3-16(4-2-14)26-9-7-13(8-10-26)20(23)28/h1-6,12-13H,7-11H2,(H2,23,28)(H,24,27). The number of amides is 2. The van der Waals surface area contributed by atoms with Crippen LogP contribution >= 0.6 is 34.3 Å². The predicted octanol–water partition coefficient (Wildman–Crippen LogP) is 4.41. The fourth-order valence-corrected chi connectivity index (χ4v) is 5.41. The van der Waals surface area contributed by atoms with Crippen LogP contribution in [0.5, 0.6) is 0 Å². The highest BCUT2D eigenvalue weighted by molar-refractivity contribution is 7.23. The second-order valence-electron chi connectivity index (χ2n) is 7.18. The number of hydrogen-bond donors (Lipinski definition) is 2. The highest BCUT2D eigenvalue weighted by Crippen LogP contribution is 2.33. The van der Waals surface area contributed by atoms with Crippen LogP contribution in [0.1, 0.15) is 18.5 Å². The fraction of sp³-hybridized carbons (Fsp3) is 0.286. The molecule has 0 bridgehead atoms. The molecule has 0 unspecified atom stereocenters. The summed E-state index contributed by atoms with van der Waals surface area (Å²) in [5.41, 5.74) is 7.96. The Morgan fingerprint density at radius 2 is 1.90 bits per heavy atom. The molecule has 0 aliphatic carbocycles. The largest absolute Gasteiger partial charge is 0.371 e. The van der Waals surface area contributed by atoms with Crippen LogP contribution in [-0.4, -0.2) is 29.9 Å². The van der Waals surface area contributed by atoms with Gasteiger partial charge in [-0.25, -0.2) is 4.98 Å². The lowest BCUT2D eigenvalue weighted by atomic mass is 9.96. The van der Waals surface area contributed by atoms with E-state index in [4.69, 9.17) is 17.3 Å². The van der Waals surface area contributed by atoms with Gasteiger partial charge < -0.3 is 16.0 Å². The molecule has 30 heavy (non-hydrogen) atoms. The molecule has 0 radical (unpaired) electrons. The number of primary amides is 1. The minimum absolute atomic E-state index is 0.0251. The van der Waals surface area contributed by atoms with Crippen LogP contribution in [0, 0.1) is 5.92 Å². The monoisotopic (exact) mass is 460 g/mol. The number of thiazole rings is 1. The van der Waals surface area contributed by atoms with Crippen molar-refractivity contribution in [1.29, 1.82) is 0 Å². The van der Waals surface area contributed by atoms with Crippen molar-refractivity contribution in [1.82, 2.24) is 4.98 Å². The third-order valence-electron chi connectivity index (χ3n) is 5.09. The van der Waals surface area contributed by atoms with Gasteiger partial charge in [-0.3, -0.25) is 9.59 Å². The molecule has 3 N–H and O–H groups in total. The first-order valence-corrected chi connectivity index (χ1v) is 11.7. The molecular formula is C21H21ClN4O2S2. The van der Waals surface area contributed by atoms with Crippen LogP contribution in [0.4, 0.5) is 11.4 Å². The zero-order valence-electron chi connectivity index (χ0n) is 16.1. The maximum absolute atomic E-state index is 12.4. The summed E-state index contributed by atoms with van der Waals surface area (Å²) in [5, 5.41) is 5.70. The maximum atomic E-state index is 12.4. The number of nitrogens with one attached hydrogen (secondary N) is 1. The van der Waals surface area contributed by atoms with Crippen molar-refractivity contribution in [2.24, 2.45) is 11.7 Å². The molecule has 1 saturated heterocycles. The van der Waals surface area contributed by atoms with Crippen molar-refractivity contribution in [3.8, 4) is 9.88 Å². The van der Waals surface area contributed by atoms with E-state index in [0.717, 1.165) is 57.2 Å². The van der Waals surface area contributed by atoms with Gasteiger partial charge in [-0.2, -0.15) is 0 Å². The van der Waals surface area contributed by atoms with E-state index in [1.54, 1.807) is 0 Å². The summed E-state index contributed by atoms with van der Waals surface area (Å²) in [6.07, 6.45) is 1.78. The molecule has 6 nitrogen and oxygen atoms in total. The molecule has 2 amide bonds. The molecule has 3 aromatic rings. The number of thiophene rings is 1.